The first-order valence-corrected chi connectivity index (χ1v) is 3.60. The molecule has 2 heteroatoms. The van der Waals surface area contributed by atoms with Crippen LogP contribution in [0.4, 0.5) is 0 Å². The lowest BCUT2D eigenvalue weighted by molar-refractivity contribution is 0.108. The van der Waals surface area contributed by atoms with E-state index in [1.807, 2.05) is 6.92 Å². The molecule has 56 valence electrons. The number of rotatable bonds is 4. The number of nitrogens with two attached hydrogens (primary N) is 1. The smallest absolute Gasteiger partial charge is 0.0577 e. The second kappa shape index (κ2) is 4.77. The predicted molar refractivity (Wildman–Crippen MR) is 39.1 cm³/mol. The van der Waals surface area contributed by atoms with Crippen molar-refractivity contribution >= 4 is 0 Å². The quantitative estimate of drug-likeness (QED) is 0.591. The monoisotopic (exact) mass is 131 g/mol. The molecule has 1 unspecified atom stereocenters. The van der Waals surface area contributed by atoms with Gasteiger partial charge in [0, 0.05) is 0 Å². The molecule has 0 amide bonds. The van der Waals surface area contributed by atoms with E-state index in [4.69, 9.17) is 5.73 Å². The van der Waals surface area contributed by atoms with Crippen molar-refractivity contribution in [3.8, 4) is 0 Å². The Kier molecular flexibility index (Phi) is 4.72. The molecule has 0 aliphatic heterocycles. The Morgan fingerprint density at radius 3 is 2.44 bits per heavy atom. The van der Waals surface area contributed by atoms with Crippen molar-refractivity contribution < 1.29 is 5.11 Å². The minimum absolute atomic E-state index is 0.194. The third-order valence-corrected chi connectivity index (χ3v) is 1.76. The Labute approximate surface area is 57.1 Å². The molecule has 0 saturated carbocycles. The van der Waals surface area contributed by atoms with E-state index in [1.165, 1.54) is 0 Å². The van der Waals surface area contributed by atoms with Crippen molar-refractivity contribution in [2.45, 2.75) is 32.8 Å². The molecule has 0 fully saturated rings. The molecule has 0 bridgehead atoms. The molecular formula is C7H17NO. The second-order valence-electron chi connectivity index (χ2n) is 2.53. The standard InChI is InChI=1S/C7H17NO/c1-3-6(2)7(9)4-5-8/h6-7,9H,3-5,8H2,1-2H3/t6?,7-/m0/s1. The maximum absolute atomic E-state index is 9.24. The van der Waals surface area contributed by atoms with E-state index in [2.05, 4.69) is 6.92 Å². The summed E-state index contributed by atoms with van der Waals surface area (Å²) in [5, 5.41) is 9.24. The molecule has 0 heterocycles. The van der Waals surface area contributed by atoms with Crippen molar-refractivity contribution in [3.05, 3.63) is 0 Å². The lowest BCUT2D eigenvalue weighted by Gasteiger charge is -2.15. The van der Waals surface area contributed by atoms with Crippen molar-refractivity contribution in [1.82, 2.24) is 0 Å². The second-order valence-corrected chi connectivity index (χ2v) is 2.53. The van der Waals surface area contributed by atoms with E-state index in [-0.39, 0.29) is 6.10 Å². The molecule has 0 aromatic carbocycles. The topological polar surface area (TPSA) is 46.2 Å². The highest BCUT2D eigenvalue weighted by Crippen LogP contribution is 2.08. The Hall–Kier alpha value is -0.0800. The van der Waals surface area contributed by atoms with Gasteiger partial charge in [0.15, 0.2) is 0 Å². The molecule has 0 spiro atoms. The Balaban J connectivity index is 3.32. The van der Waals surface area contributed by atoms with Gasteiger partial charge in [0.1, 0.15) is 0 Å². The summed E-state index contributed by atoms with van der Waals surface area (Å²) in [6.45, 7) is 4.70. The van der Waals surface area contributed by atoms with Crippen LogP contribution in [0.15, 0.2) is 0 Å². The first-order valence-electron chi connectivity index (χ1n) is 3.60. The van der Waals surface area contributed by atoms with Gasteiger partial charge in [0.05, 0.1) is 6.10 Å². The van der Waals surface area contributed by atoms with Crippen molar-refractivity contribution in [2.24, 2.45) is 11.7 Å². The zero-order valence-electron chi connectivity index (χ0n) is 6.30. The molecule has 0 aromatic heterocycles. The van der Waals surface area contributed by atoms with Crippen LogP contribution in [0.3, 0.4) is 0 Å². The van der Waals surface area contributed by atoms with Gasteiger partial charge < -0.3 is 10.8 Å². The number of aliphatic hydroxyl groups excluding tert-OH is 1. The zero-order valence-corrected chi connectivity index (χ0v) is 6.30. The minimum atomic E-state index is -0.194. The molecule has 0 saturated heterocycles. The predicted octanol–water partition coefficient (Wildman–Crippen LogP) is 0.742. The average Bonchev–Trinajstić information content (AvgIpc) is 1.87. The van der Waals surface area contributed by atoms with Gasteiger partial charge in [-0.25, -0.2) is 0 Å². The third-order valence-electron chi connectivity index (χ3n) is 1.76. The summed E-state index contributed by atoms with van der Waals surface area (Å²) in [5.41, 5.74) is 5.26. The van der Waals surface area contributed by atoms with Crippen LogP contribution in [0.2, 0.25) is 0 Å². The van der Waals surface area contributed by atoms with Crippen LogP contribution in [0.5, 0.6) is 0 Å². The molecule has 0 aromatic rings. The van der Waals surface area contributed by atoms with Gasteiger partial charge in [-0.05, 0) is 18.9 Å². The third kappa shape index (κ3) is 3.49. The first-order chi connectivity index (χ1) is 4.22. The SMILES string of the molecule is CCC(C)[C@@H](O)CCN. The van der Waals surface area contributed by atoms with Crippen molar-refractivity contribution in [1.29, 1.82) is 0 Å². The maximum atomic E-state index is 9.24. The molecular weight excluding hydrogens is 114 g/mol. The van der Waals surface area contributed by atoms with Crippen LogP contribution in [-0.2, 0) is 0 Å². The maximum Gasteiger partial charge on any atom is 0.0577 e. The minimum Gasteiger partial charge on any atom is -0.393 e. The van der Waals surface area contributed by atoms with E-state index < -0.39 is 0 Å². The zero-order chi connectivity index (χ0) is 7.28. The van der Waals surface area contributed by atoms with Crippen molar-refractivity contribution in [3.63, 3.8) is 0 Å². The van der Waals surface area contributed by atoms with Crippen LogP contribution in [0.25, 0.3) is 0 Å². The molecule has 0 rings (SSSR count). The molecule has 0 aliphatic rings. The van der Waals surface area contributed by atoms with Gasteiger partial charge in [-0.15, -0.1) is 0 Å². The van der Waals surface area contributed by atoms with Crippen LogP contribution < -0.4 is 5.73 Å². The molecule has 0 radical (unpaired) electrons. The fourth-order valence-electron chi connectivity index (χ4n) is 0.727. The number of hydrogen-bond donors (Lipinski definition) is 2. The number of aliphatic hydroxyl groups is 1. The lowest BCUT2D eigenvalue weighted by Crippen LogP contribution is -2.20. The van der Waals surface area contributed by atoms with Crippen LogP contribution in [0, 0.1) is 5.92 Å². The van der Waals surface area contributed by atoms with E-state index >= 15 is 0 Å². The van der Waals surface area contributed by atoms with Gasteiger partial charge in [-0.1, -0.05) is 20.3 Å². The fraction of sp³-hybridized carbons (Fsp3) is 1.00. The number of hydrogen-bond acceptors (Lipinski definition) is 2. The van der Waals surface area contributed by atoms with Gasteiger partial charge >= 0.3 is 0 Å². The molecule has 9 heavy (non-hydrogen) atoms. The van der Waals surface area contributed by atoms with Crippen LogP contribution in [-0.4, -0.2) is 17.8 Å². The van der Waals surface area contributed by atoms with E-state index in [0.717, 1.165) is 12.8 Å². The summed E-state index contributed by atoms with van der Waals surface area (Å²) in [7, 11) is 0. The van der Waals surface area contributed by atoms with Gasteiger partial charge in [-0.3, -0.25) is 0 Å². The van der Waals surface area contributed by atoms with Gasteiger partial charge in [-0.2, -0.15) is 0 Å². The summed E-state index contributed by atoms with van der Waals surface area (Å²) >= 11 is 0. The summed E-state index contributed by atoms with van der Waals surface area (Å²) < 4.78 is 0. The van der Waals surface area contributed by atoms with E-state index in [1.54, 1.807) is 0 Å². The van der Waals surface area contributed by atoms with E-state index in [9.17, 15) is 5.11 Å². The molecule has 3 N–H and O–H groups in total. The fourth-order valence-corrected chi connectivity index (χ4v) is 0.727. The molecule has 0 aliphatic carbocycles. The van der Waals surface area contributed by atoms with Gasteiger partial charge in [0.25, 0.3) is 0 Å². The summed E-state index contributed by atoms with van der Waals surface area (Å²) in [5.74, 6) is 0.397. The van der Waals surface area contributed by atoms with Crippen LogP contribution >= 0.6 is 0 Å². The largest absolute Gasteiger partial charge is 0.393 e. The summed E-state index contributed by atoms with van der Waals surface area (Å²) in [4.78, 5) is 0. The normalized spacial score (nSPS) is 17.3. The highest BCUT2D eigenvalue weighted by Gasteiger charge is 2.09. The Morgan fingerprint density at radius 1 is 1.56 bits per heavy atom. The first kappa shape index (κ1) is 8.92. The van der Waals surface area contributed by atoms with Crippen molar-refractivity contribution in [2.75, 3.05) is 6.54 Å². The highest BCUT2D eigenvalue weighted by molar-refractivity contribution is 4.62. The highest BCUT2D eigenvalue weighted by atomic mass is 16.3. The molecule has 2 atom stereocenters. The average molecular weight is 131 g/mol. The Morgan fingerprint density at radius 2 is 2.11 bits per heavy atom. The van der Waals surface area contributed by atoms with E-state index in [0.29, 0.717) is 12.5 Å². The summed E-state index contributed by atoms with van der Waals surface area (Å²) in [6.07, 6.45) is 1.57. The summed E-state index contributed by atoms with van der Waals surface area (Å²) in [6, 6.07) is 0. The van der Waals surface area contributed by atoms with Crippen LogP contribution in [0.1, 0.15) is 26.7 Å². The molecule has 2 nitrogen and oxygen atoms in total. The lowest BCUT2D eigenvalue weighted by atomic mass is 10.00. The van der Waals surface area contributed by atoms with Gasteiger partial charge in [0.2, 0.25) is 0 Å². The Bertz CT molecular complexity index is 65.9.